The zero-order valence-electron chi connectivity index (χ0n) is 13.6. The van der Waals surface area contributed by atoms with Crippen LogP contribution in [0.15, 0.2) is 18.5 Å². The van der Waals surface area contributed by atoms with Gasteiger partial charge in [-0.2, -0.15) is 4.98 Å². The number of aryl methyl sites for hydroxylation is 2. The molecule has 1 N–H and O–H groups in total. The molecule has 0 aromatic carbocycles. The maximum atomic E-state index is 5.39. The second-order valence-electron chi connectivity index (χ2n) is 5.50. The number of rotatable bonds is 5. The first kappa shape index (κ1) is 15.6. The molecule has 7 nitrogen and oxygen atoms in total. The summed E-state index contributed by atoms with van der Waals surface area (Å²) in [6, 6.07) is 1.99. The lowest BCUT2D eigenvalue weighted by molar-refractivity contribution is 0.122. The summed E-state index contributed by atoms with van der Waals surface area (Å²) in [7, 11) is 0. The van der Waals surface area contributed by atoms with Gasteiger partial charge in [-0.1, -0.05) is 6.92 Å². The Balaban J connectivity index is 1.73. The minimum absolute atomic E-state index is 0.593. The molecular formula is C16H22N6O. The van der Waals surface area contributed by atoms with Gasteiger partial charge >= 0.3 is 0 Å². The van der Waals surface area contributed by atoms with Gasteiger partial charge in [-0.15, -0.1) is 0 Å². The van der Waals surface area contributed by atoms with Crippen LogP contribution in [0.4, 0.5) is 11.8 Å². The Morgan fingerprint density at radius 2 is 1.96 bits per heavy atom. The van der Waals surface area contributed by atoms with E-state index in [1.807, 2.05) is 13.0 Å². The molecule has 1 saturated heterocycles. The summed E-state index contributed by atoms with van der Waals surface area (Å²) in [6.45, 7) is 7.72. The third-order valence-corrected chi connectivity index (χ3v) is 3.71. The number of nitrogens with zero attached hydrogens (tertiary/aromatic N) is 5. The van der Waals surface area contributed by atoms with Crippen molar-refractivity contribution < 1.29 is 4.74 Å². The average Bonchev–Trinajstić information content (AvgIpc) is 2.61. The number of ether oxygens (including phenoxy) is 1. The molecule has 2 aromatic heterocycles. The van der Waals surface area contributed by atoms with Crippen LogP contribution in [0.1, 0.15) is 24.0 Å². The highest BCUT2D eigenvalue weighted by atomic mass is 16.5. The average molecular weight is 314 g/mol. The molecule has 0 spiro atoms. The van der Waals surface area contributed by atoms with Crippen LogP contribution in [0, 0.1) is 6.92 Å². The number of morpholine rings is 1. The number of nitrogens with one attached hydrogen (secondary N) is 1. The Kier molecular flexibility index (Phi) is 4.97. The molecule has 0 saturated carbocycles. The van der Waals surface area contributed by atoms with E-state index in [4.69, 9.17) is 4.74 Å². The van der Waals surface area contributed by atoms with Crippen molar-refractivity contribution in [1.82, 2.24) is 19.9 Å². The van der Waals surface area contributed by atoms with E-state index < -0.39 is 0 Å². The van der Waals surface area contributed by atoms with Gasteiger partial charge in [-0.05, 0) is 13.3 Å². The van der Waals surface area contributed by atoms with Gasteiger partial charge in [0.15, 0.2) is 0 Å². The smallest absolute Gasteiger partial charge is 0.227 e. The fourth-order valence-corrected chi connectivity index (χ4v) is 2.35. The lowest BCUT2D eigenvalue weighted by Gasteiger charge is -2.27. The molecule has 122 valence electrons. The molecule has 2 aromatic rings. The molecule has 0 bridgehead atoms. The van der Waals surface area contributed by atoms with Crippen LogP contribution in [0.3, 0.4) is 0 Å². The number of aromatic nitrogens is 4. The first-order valence-electron chi connectivity index (χ1n) is 7.96. The molecule has 1 fully saturated rings. The Labute approximate surface area is 136 Å². The monoisotopic (exact) mass is 314 g/mol. The normalized spacial score (nSPS) is 14.8. The molecule has 0 aliphatic carbocycles. The first-order chi connectivity index (χ1) is 11.2. The van der Waals surface area contributed by atoms with E-state index in [9.17, 15) is 0 Å². The van der Waals surface area contributed by atoms with Gasteiger partial charge in [0.1, 0.15) is 5.82 Å². The van der Waals surface area contributed by atoms with Crippen LogP contribution in [0.25, 0.3) is 0 Å². The van der Waals surface area contributed by atoms with Crippen LogP contribution < -0.4 is 10.2 Å². The second-order valence-corrected chi connectivity index (χ2v) is 5.50. The molecule has 1 aliphatic heterocycles. The molecule has 0 amide bonds. The van der Waals surface area contributed by atoms with E-state index in [-0.39, 0.29) is 0 Å². The Hall–Kier alpha value is -2.28. The zero-order chi connectivity index (χ0) is 16.1. The molecule has 3 rings (SSSR count). The van der Waals surface area contributed by atoms with Crippen molar-refractivity contribution in [3.8, 4) is 0 Å². The van der Waals surface area contributed by atoms with Crippen molar-refractivity contribution in [2.75, 3.05) is 36.5 Å². The topological polar surface area (TPSA) is 76.1 Å². The maximum Gasteiger partial charge on any atom is 0.227 e. The fourth-order valence-electron chi connectivity index (χ4n) is 2.35. The van der Waals surface area contributed by atoms with Crippen LogP contribution in [-0.4, -0.2) is 46.2 Å². The summed E-state index contributed by atoms with van der Waals surface area (Å²) in [6.07, 6.45) is 4.43. The summed E-state index contributed by atoms with van der Waals surface area (Å²) >= 11 is 0. The van der Waals surface area contributed by atoms with Crippen molar-refractivity contribution in [3.63, 3.8) is 0 Å². The predicted octanol–water partition coefficient (Wildman–Crippen LogP) is 1.59. The van der Waals surface area contributed by atoms with Gasteiger partial charge in [0.25, 0.3) is 0 Å². The van der Waals surface area contributed by atoms with Gasteiger partial charge in [0.05, 0.1) is 37.3 Å². The van der Waals surface area contributed by atoms with Crippen molar-refractivity contribution in [2.24, 2.45) is 0 Å². The van der Waals surface area contributed by atoms with Crippen molar-refractivity contribution in [1.29, 1.82) is 0 Å². The fraction of sp³-hybridized carbons (Fsp3) is 0.500. The molecule has 1 aliphatic rings. The quantitative estimate of drug-likeness (QED) is 0.898. The van der Waals surface area contributed by atoms with Gasteiger partial charge in [0.2, 0.25) is 5.95 Å². The van der Waals surface area contributed by atoms with Gasteiger partial charge in [-0.25, -0.2) is 4.98 Å². The van der Waals surface area contributed by atoms with Gasteiger partial charge < -0.3 is 15.0 Å². The van der Waals surface area contributed by atoms with E-state index in [2.05, 4.69) is 37.1 Å². The predicted molar refractivity (Wildman–Crippen MR) is 88.5 cm³/mol. The van der Waals surface area contributed by atoms with Crippen LogP contribution in [-0.2, 0) is 17.7 Å². The Morgan fingerprint density at radius 3 is 2.65 bits per heavy atom. The highest BCUT2D eigenvalue weighted by Crippen LogP contribution is 2.16. The van der Waals surface area contributed by atoms with Crippen molar-refractivity contribution in [2.45, 2.75) is 26.8 Å². The third kappa shape index (κ3) is 4.13. The molecule has 0 radical (unpaired) electrons. The van der Waals surface area contributed by atoms with Crippen molar-refractivity contribution in [3.05, 3.63) is 35.5 Å². The van der Waals surface area contributed by atoms with Crippen LogP contribution >= 0.6 is 0 Å². The molecule has 0 unspecified atom stereocenters. The number of hydrogen-bond acceptors (Lipinski definition) is 7. The van der Waals surface area contributed by atoms with Crippen LogP contribution in [0.2, 0.25) is 0 Å². The minimum Gasteiger partial charge on any atom is -0.378 e. The summed E-state index contributed by atoms with van der Waals surface area (Å²) in [5, 5.41) is 3.32. The number of anilines is 2. The SMILES string of the molecule is CCc1cc(NCc2cnc(C)cn2)nc(N2CCOCC2)n1. The van der Waals surface area contributed by atoms with E-state index >= 15 is 0 Å². The summed E-state index contributed by atoms with van der Waals surface area (Å²) in [5.41, 5.74) is 2.83. The lowest BCUT2D eigenvalue weighted by atomic mass is 10.3. The first-order valence-corrected chi connectivity index (χ1v) is 7.96. The summed E-state index contributed by atoms with van der Waals surface area (Å²) in [5.74, 6) is 1.59. The zero-order valence-corrected chi connectivity index (χ0v) is 13.6. The van der Waals surface area contributed by atoms with Gasteiger partial charge in [-0.3, -0.25) is 9.97 Å². The Bertz CT molecular complexity index is 640. The largest absolute Gasteiger partial charge is 0.378 e. The standard InChI is InChI=1S/C16H22N6O/c1-3-13-8-15(19-11-14-10-17-12(2)9-18-14)21-16(20-13)22-4-6-23-7-5-22/h8-10H,3-7,11H2,1-2H3,(H,19,20,21). The lowest BCUT2D eigenvalue weighted by Crippen LogP contribution is -2.37. The number of hydrogen-bond donors (Lipinski definition) is 1. The highest BCUT2D eigenvalue weighted by Gasteiger charge is 2.15. The third-order valence-electron chi connectivity index (χ3n) is 3.71. The van der Waals surface area contributed by atoms with Crippen molar-refractivity contribution >= 4 is 11.8 Å². The van der Waals surface area contributed by atoms with Gasteiger partial charge in [0, 0.05) is 31.0 Å². The molecule has 23 heavy (non-hydrogen) atoms. The molecule has 0 atom stereocenters. The van der Waals surface area contributed by atoms with E-state index in [0.717, 1.165) is 61.6 Å². The Morgan fingerprint density at radius 1 is 1.13 bits per heavy atom. The molecular weight excluding hydrogens is 292 g/mol. The van der Waals surface area contributed by atoms with E-state index in [1.54, 1.807) is 12.4 Å². The molecule has 7 heteroatoms. The second kappa shape index (κ2) is 7.32. The minimum atomic E-state index is 0.593. The van der Waals surface area contributed by atoms with Crippen LogP contribution in [0.5, 0.6) is 0 Å². The van der Waals surface area contributed by atoms with E-state index in [1.165, 1.54) is 0 Å². The summed E-state index contributed by atoms with van der Waals surface area (Å²) < 4.78 is 5.39. The highest BCUT2D eigenvalue weighted by molar-refractivity contribution is 5.44. The maximum absolute atomic E-state index is 5.39. The summed E-state index contributed by atoms with van der Waals surface area (Å²) in [4.78, 5) is 20.0. The van der Waals surface area contributed by atoms with E-state index in [0.29, 0.717) is 6.54 Å². The molecule has 3 heterocycles.